The minimum absolute atomic E-state index is 0.707. The predicted molar refractivity (Wildman–Crippen MR) is 73.1 cm³/mol. The van der Waals surface area contributed by atoms with Gasteiger partial charge < -0.3 is 9.47 Å². The van der Waals surface area contributed by atoms with Gasteiger partial charge in [0.1, 0.15) is 11.5 Å². The lowest BCUT2D eigenvalue weighted by Crippen LogP contribution is -2.20. The Morgan fingerprint density at radius 2 is 1.05 bits per heavy atom. The molecule has 0 heterocycles. The van der Waals surface area contributed by atoms with Gasteiger partial charge in [0.05, 0.1) is 14.2 Å². The van der Waals surface area contributed by atoms with Gasteiger partial charge in [-0.1, -0.05) is 24.3 Å². The van der Waals surface area contributed by atoms with Crippen LogP contribution in [0.5, 0.6) is 11.5 Å². The van der Waals surface area contributed by atoms with E-state index in [1.807, 2.05) is 0 Å². The smallest absolute Gasteiger partial charge is 0.151 e. The van der Waals surface area contributed by atoms with Gasteiger partial charge >= 0.3 is 0 Å². The van der Waals surface area contributed by atoms with E-state index in [1.54, 1.807) is 69.7 Å². The molecule has 2 aromatic rings. The highest BCUT2D eigenvalue weighted by atomic mass is 16.5. The van der Waals surface area contributed by atoms with Crippen LogP contribution in [0.15, 0.2) is 48.5 Å². The molecule has 0 aliphatic rings. The highest BCUT2D eigenvalue weighted by molar-refractivity contribution is 5.39. The minimum atomic E-state index is -1.29. The average molecular weight is 257 g/mol. The van der Waals surface area contributed by atoms with E-state index in [9.17, 15) is 5.11 Å². The van der Waals surface area contributed by atoms with Crippen LogP contribution < -0.4 is 9.47 Å². The van der Waals surface area contributed by atoms with Crippen molar-refractivity contribution in [3.63, 3.8) is 0 Å². The number of benzene rings is 2. The highest BCUT2D eigenvalue weighted by Gasteiger charge is 2.27. The summed E-state index contributed by atoms with van der Waals surface area (Å²) in [5.41, 5.74) is 0.121. The largest absolute Gasteiger partial charge is 0.497 e. The van der Waals surface area contributed by atoms with Gasteiger partial charge in [0, 0.05) is 0 Å². The second-order valence-electron chi connectivity index (χ2n) is 4.49. The molecule has 0 unspecified atom stereocenters. The highest BCUT2D eigenvalue weighted by Crippen LogP contribution is 2.31. The molecule has 2 aromatic carbocycles. The summed E-state index contributed by atoms with van der Waals surface area (Å²) in [6, 6.07) is 14.4. The fourth-order valence-electron chi connectivity index (χ4n) is 1.98. The average Bonchev–Trinajstić information content (AvgIpc) is 2.47. The zero-order chi connectivity index (χ0) is 13.9. The van der Waals surface area contributed by atoms with Crippen molar-refractivity contribution in [2.24, 2.45) is 0 Å². The van der Waals surface area contributed by atoms with E-state index in [1.165, 1.54) is 0 Å². The van der Waals surface area contributed by atoms with E-state index in [4.69, 9.17) is 9.47 Å². The van der Waals surface area contributed by atoms with Crippen LogP contribution in [0.1, 0.15) is 18.1 Å². The van der Waals surface area contributed by atoms with E-state index >= 15 is 0 Å². The number of hydrogen-bond acceptors (Lipinski definition) is 2. The lowest BCUT2D eigenvalue weighted by molar-refractivity contribution is 0.0206. The normalized spacial score (nSPS) is 11.2. The first-order valence-corrected chi connectivity index (χ1v) is 6.07. The standard InChI is InChI=1S/C16H17O3/c1-16(17,12-4-8-14(18-2)9-5-12)13-6-10-15(19-3)11-7-13/h4-11H,1-3H3. The molecule has 0 aromatic heterocycles. The minimum Gasteiger partial charge on any atom is -0.497 e. The zero-order valence-electron chi connectivity index (χ0n) is 11.3. The molecule has 3 nitrogen and oxygen atoms in total. The summed E-state index contributed by atoms with van der Waals surface area (Å²) >= 11 is 0. The van der Waals surface area contributed by atoms with Crippen molar-refractivity contribution in [3.05, 3.63) is 59.7 Å². The van der Waals surface area contributed by atoms with Crippen LogP contribution in [-0.2, 0) is 10.7 Å². The molecule has 0 bridgehead atoms. The van der Waals surface area contributed by atoms with Crippen molar-refractivity contribution >= 4 is 0 Å². The molecule has 0 saturated carbocycles. The van der Waals surface area contributed by atoms with Crippen LogP contribution in [0.2, 0.25) is 0 Å². The lowest BCUT2D eigenvalue weighted by Gasteiger charge is -2.22. The van der Waals surface area contributed by atoms with Crippen LogP contribution >= 0.6 is 0 Å². The van der Waals surface area contributed by atoms with Crippen molar-refractivity contribution in [1.29, 1.82) is 0 Å². The predicted octanol–water partition coefficient (Wildman–Crippen LogP) is 3.40. The Kier molecular flexibility index (Phi) is 3.76. The summed E-state index contributed by atoms with van der Waals surface area (Å²) in [5.74, 6) is 1.49. The first kappa shape index (κ1) is 13.4. The molecule has 0 aliphatic carbocycles. The van der Waals surface area contributed by atoms with E-state index in [0.717, 1.165) is 11.5 Å². The number of hydrogen-bond donors (Lipinski definition) is 0. The fourth-order valence-corrected chi connectivity index (χ4v) is 1.98. The Bertz CT molecular complexity index is 477. The molecule has 0 atom stereocenters. The molecule has 0 N–H and O–H groups in total. The van der Waals surface area contributed by atoms with Crippen molar-refractivity contribution in [2.45, 2.75) is 12.5 Å². The monoisotopic (exact) mass is 257 g/mol. The maximum Gasteiger partial charge on any atom is 0.151 e. The quantitative estimate of drug-likeness (QED) is 0.842. The Morgan fingerprint density at radius 3 is 1.32 bits per heavy atom. The van der Waals surface area contributed by atoms with Gasteiger partial charge in [-0.05, 0) is 42.3 Å². The van der Waals surface area contributed by atoms with Crippen molar-refractivity contribution in [2.75, 3.05) is 14.2 Å². The van der Waals surface area contributed by atoms with Crippen molar-refractivity contribution < 1.29 is 14.6 Å². The molecule has 99 valence electrons. The third kappa shape index (κ3) is 2.71. The Morgan fingerprint density at radius 1 is 0.737 bits per heavy atom. The molecule has 3 heteroatoms. The Balaban J connectivity index is 2.33. The van der Waals surface area contributed by atoms with Gasteiger partial charge in [-0.15, -0.1) is 0 Å². The third-order valence-corrected chi connectivity index (χ3v) is 3.28. The molecule has 0 fully saturated rings. The SMILES string of the molecule is COc1ccc(C(C)([O])c2ccc(OC)cc2)cc1. The first-order valence-electron chi connectivity index (χ1n) is 6.07. The molecular weight excluding hydrogens is 240 g/mol. The van der Waals surface area contributed by atoms with E-state index < -0.39 is 5.60 Å². The van der Waals surface area contributed by atoms with Crippen LogP contribution in [0.25, 0.3) is 0 Å². The summed E-state index contributed by atoms with van der Waals surface area (Å²) in [4.78, 5) is 0. The van der Waals surface area contributed by atoms with Gasteiger partial charge in [0.2, 0.25) is 0 Å². The van der Waals surface area contributed by atoms with E-state index in [-0.39, 0.29) is 0 Å². The van der Waals surface area contributed by atoms with Gasteiger partial charge in [0.15, 0.2) is 5.60 Å². The summed E-state index contributed by atoms with van der Waals surface area (Å²) in [7, 11) is 3.21. The van der Waals surface area contributed by atoms with Crippen LogP contribution in [0.4, 0.5) is 0 Å². The molecule has 0 amide bonds. The summed E-state index contributed by atoms with van der Waals surface area (Å²) in [6.45, 7) is 1.66. The van der Waals surface area contributed by atoms with Gasteiger partial charge in [-0.3, -0.25) is 0 Å². The Hall–Kier alpha value is -2.00. The Labute approximate surface area is 113 Å². The first-order chi connectivity index (χ1) is 9.07. The van der Waals surface area contributed by atoms with Gasteiger partial charge in [-0.2, -0.15) is 0 Å². The maximum absolute atomic E-state index is 12.8. The lowest BCUT2D eigenvalue weighted by atomic mass is 9.88. The molecule has 0 spiro atoms. The third-order valence-electron chi connectivity index (χ3n) is 3.28. The van der Waals surface area contributed by atoms with Crippen LogP contribution in [0.3, 0.4) is 0 Å². The van der Waals surface area contributed by atoms with Crippen LogP contribution in [-0.4, -0.2) is 14.2 Å². The second-order valence-corrected chi connectivity index (χ2v) is 4.49. The molecule has 0 aliphatic heterocycles. The molecule has 1 radical (unpaired) electrons. The summed E-state index contributed by atoms with van der Waals surface area (Å²) in [6.07, 6.45) is 0. The summed E-state index contributed by atoms with van der Waals surface area (Å²) < 4.78 is 10.2. The van der Waals surface area contributed by atoms with Crippen molar-refractivity contribution in [3.8, 4) is 11.5 Å². The topological polar surface area (TPSA) is 38.4 Å². The second kappa shape index (κ2) is 5.33. The van der Waals surface area contributed by atoms with E-state index in [0.29, 0.717) is 11.1 Å². The molecular formula is C16H17O3. The number of methoxy groups -OCH3 is 2. The van der Waals surface area contributed by atoms with Crippen LogP contribution in [0, 0.1) is 0 Å². The zero-order valence-corrected chi connectivity index (χ0v) is 11.3. The fraction of sp³-hybridized carbons (Fsp3) is 0.250. The number of ether oxygens (including phenoxy) is 2. The maximum atomic E-state index is 12.8. The molecule has 0 saturated heterocycles. The van der Waals surface area contributed by atoms with E-state index in [2.05, 4.69) is 0 Å². The summed E-state index contributed by atoms with van der Waals surface area (Å²) in [5, 5.41) is 12.8. The van der Waals surface area contributed by atoms with Gasteiger partial charge in [-0.25, -0.2) is 5.11 Å². The molecule has 2 rings (SSSR count). The molecule has 19 heavy (non-hydrogen) atoms. The van der Waals surface area contributed by atoms with Crippen molar-refractivity contribution in [1.82, 2.24) is 0 Å². The number of rotatable bonds is 4. The van der Waals surface area contributed by atoms with Gasteiger partial charge in [0.25, 0.3) is 0 Å².